The van der Waals surface area contributed by atoms with Crippen molar-refractivity contribution >= 4 is 5.91 Å². The number of rotatable bonds is 5. The third-order valence-electron chi connectivity index (χ3n) is 2.95. The summed E-state index contributed by atoms with van der Waals surface area (Å²) in [7, 11) is 0. The number of phenols is 1. The van der Waals surface area contributed by atoms with Gasteiger partial charge in [-0.15, -0.1) is 0 Å². The molecule has 0 saturated heterocycles. The van der Waals surface area contributed by atoms with E-state index in [2.05, 4.69) is 5.32 Å². The standard InChI is InChI=1S/C13H20N2O2/c1-3-13(2,9-14)15-12(17)8-10-5-4-6-11(16)7-10/h4-7,16H,3,8-9,14H2,1-2H3,(H,15,17). The topological polar surface area (TPSA) is 75.3 Å². The van der Waals surface area contributed by atoms with Crippen molar-refractivity contribution in [3.05, 3.63) is 29.8 Å². The highest BCUT2D eigenvalue weighted by Crippen LogP contribution is 2.12. The molecule has 0 aliphatic rings. The monoisotopic (exact) mass is 236 g/mol. The second-order valence-corrected chi connectivity index (χ2v) is 4.51. The minimum absolute atomic E-state index is 0.0783. The van der Waals surface area contributed by atoms with Crippen LogP contribution in [0.3, 0.4) is 0 Å². The number of aromatic hydroxyl groups is 1. The van der Waals surface area contributed by atoms with Crippen LogP contribution in [-0.4, -0.2) is 23.1 Å². The average Bonchev–Trinajstić information content (AvgIpc) is 2.28. The van der Waals surface area contributed by atoms with Crippen molar-refractivity contribution in [2.24, 2.45) is 5.73 Å². The lowest BCUT2D eigenvalue weighted by atomic mass is 9.98. The highest BCUT2D eigenvalue weighted by Gasteiger charge is 2.22. The van der Waals surface area contributed by atoms with E-state index >= 15 is 0 Å². The third-order valence-corrected chi connectivity index (χ3v) is 2.95. The van der Waals surface area contributed by atoms with Crippen molar-refractivity contribution in [1.82, 2.24) is 5.32 Å². The number of nitrogens with two attached hydrogens (primary N) is 1. The van der Waals surface area contributed by atoms with Gasteiger partial charge in [0.15, 0.2) is 0 Å². The Morgan fingerprint density at radius 2 is 2.24 bits per heavy atom. The van der Waals surface area contributed by atoms with E-state index in [1.165, 1.54) is 0 Å². The molecule has 1 aromatic rings. The molecule has 1 rings (SSSR count). The molecule has 0 aliphatic carbocycles. The summed E-state index contributed by atoms with van der Waals surface area (Å²) in [6.07, 6.45) is 1.04. The summed E-state index contributed by atoms with van der Waals surface area (Å²) >= 11 is 0. The summed E-state index contributed by atoms with van der Waals surface area (Å²) in [5, 5.41) is 12.2. The molecule has 17 heavy (non-hydrogen) atoms. The number of hydrogen-bond donors (Lipinski definition) is 3. The number of amides is 1. The van der Waals surface area contributed by atoms with Crippen LogP contribution in [0, 0.1) is 0 Å². The van der Waals surface area contributed by atoms with Crippen LogP contribution in [0.2, 0.25) is 0 Å². The second-order valence-electron chi connectivity index (χ2n) is 4.51. The summed E-state index contributed by atoms with van der Waals surface area (Å²) in [6.45, 7) is 4.32. The summed E-state index contributed by atoms with van der Waals surface area (Å²) in [5.74, 6) is 0.0952. The highest BCUT2D eigenvalue weighted by atomic mass is 16.3. The molecule has 4 nitrogen and oxygen atoms in total. The summed E-state index contributed by atoms with van der Waals surface area (Å²) < 4.78 is 0. The zero-order chi connectivity index (χ0) is 12.9. The molecule has 0 radical (unpaired) electrons. The predicted molar refractivity (Wildman–Crippen MR) is 67.7 cm³/mol. The number of nitrogens with one attached hydrogen (secondary N) is 1. The zero-order valence-electron chi connectivity index (χ0n) is 10.4. The Bertz CT molecular complexity index is 387. The van der Waals surface area contributed by atoms with Crippen molar-refractivity contribution in [2.75, 3.05) is 6.54 Å². The fourth-order valence-electron chi connectivity index (χ4n) is 1.52. The number of benzene rings is 1. The fraction of sp³-hybridized carbons (Fsp3) is 0.462. The first kappa shape index (κ1) is 13.5. The molecule has 0 spiro atoms. The van der Waals surface area contributed by atoms with E-state index in [-0.39, 0.29) is 23.6 Å². The predicted octanol–water partition coefficient (Wildman–Crippen LogP) is 1.18. The number of phenolic OH excluding ortho intramolecular Hbond substituents is 1. The molecule has 4 N–H and O–H groups in total. The second kappa shape index (κ2) is 5.68. The van der Waals surface area contributed by atoms with Crippen LogP contribution in [-0.2, 0) is 11.2 Å². The molecule has 94 valence electrons. The van der Waals surface area contributed by atoms with Crippen molar-refractivity contribution in [3.63, 3.8) is 0 Å². The molecule has 0 heterocycles. The number of carbonyl (C=O) groups excluding carboxylic acids is 1. The zero-order valence-corrected chi connectivity index (χ0v) is 10.4. The van der Waals surface area contributed by atoms with Gasteiger partial charge in [-0.3, -0.25) is 4.79 Å². The highest BCUT2D eigenvalue weighted by molar-refractivity contribution is 5.79. The molecule has 1 unspecified atom stereocenters. The number of hydrogen-bond acceptors (Lipinski definition) is 3. The lowest BCUT2D eigenvalue weighted by Crippen LogP contribution is -2.51. The van der Waals surface area contributed by atoms with Crippen LogP contribution >= 0.6 is 0 Å². The average molecular weight is 236 g/mol. The largest absolute Gasteiger partial charge is 0.508 e. The maximum atomic E-state index is 11.8. The van der Waals surface area contributed by atoms with Crippen LogP contribution in [0.15, 0.2) is 24.3 Å². The van der Waals surface area contributed by atoms with Gasteiger partial charge in [0.25, 0.3) is 0 Å². The van der Waals surface area contributed by atoms with Gasteiger partial charge in [-0.1, -0.05) is 19.1 Å². The Morgan fingerprint density at radius 1 is 1.53 bits per heavy atom. The minimum Gasteiger partial charge on any atom is -0.508 e. The molecule has 1 atom stereocenters. The van der Waals surface area contributed by atoms with Gasteiger partial charge in [-0.2, -0.15) is 0 Å². The Balaban J connectivity index is 2.61. The lowest BCUT2D eigenvalue weighted by molar-refractivity contribution is -0.122. The molecule has 0 aromatic heterocycles. The van der Waals surface area contributed by atoms with Gasteiger partial charge in [-0.05, 0) is 31.0 Å². The van der Waals surface area contributed by atoms with Crippen molar-refractivity contribution in [1.29, 1.82) is 0 Å². The third kappa shape index (κ3) is 4.07. The fourth-order valence-corrected chi connectivity index (χ4v) is 1.52. The normalized spacial score (nSPS) is 14.1. The maximum Gasteiger partial charge on any atom is 0.224 e. The molecule has 0 bridgehead atoms. The van der Waals surface area contributed by atoms with Crippen LogP contribution in [0.4, 0.5) is 0 Å². The van der Waals surface area contributed by atoms with Crippen molar-refractivity contribution in [3.8, 4) is 5.75 Å². The Morgan fingerprint density at radius 3 is 2.76 bits per heavy atom. The van der Waals surface area contributed by atoms with Crippen LogP contribution in [0.5, 0.6) is 5.75 Å². The van der Waals surface area contributed by atoms with E-state index in [1.54, 1.807) is 18.2 Å². The van der Waals surface area contributed by atoms with E-state index in [9.17, 15) is 9.90 Å². The molecule has 0 fully saturated rings. The van der Waals surface area contributed by atoms with Gasteiger partial charge in [0, 0.05) is 12.1 Å². The first-order valence-electron chi connectivity index (χ1n) is 5.78. The van der Waals surface area contributed by atoms with Gasteiger partial charge < -0.3 is 16.2 Å². The Hall–Kier alpha value is -1.55. The minimum atomic E-state index is -0.353. The summed E-state index contributed by atoms with van der Waals surface area (Å²) in [6, 6.07) is 6.70. The van der Waals surface area contributed by atoms with Gasteiger partial charge >= 0.3 is 0 Å². The van der Waals surface area contributed by atoms with E-state index in [0.717, 1.165) is 12.0 Å². The molecule has 4 heteroatoms. The first-order valence-corrected chi connectivity index (χ1v) is 5.78. The lowest BCUT2D eigenvalue weighted by Gasteiger charge is -2.27. The van der Waals surface area contributed by atoms with Gasteiger partial charge in [0.05, 0.1) is 6.42 Å². The molecular formula is C13H20N2O2. The van der Waals surface area contributed by atoms with Crippen LogP contribution < -0.4 is 11.1 Å². The molecule has 0 aliphatic heterocycles. The van der Waals surface area contributed by atoms with Crippen molar-refractivity contribution < 1.29 is 9.90 Å². The summed E-state index contributed by atoms with van der Waals surface area (Å²) in [4.78, 5) is 11.8. The molecule has 1 amide bonds. The van der Waals surface area contributed by atoms with E-state index in [4.69, 9.17) is 5.73 Å². The first-order chi connectivity index (χ1) is 7.99. The summed E-state index contributed by atoms with van der Waals surface area (Å²) in [5.41, 5.74) is 6.07. The van der Waals surface area contributed by atoms with Gasteiger partial charge in [0.2, 0.25) is 5.91 Å². The van der Waals surface area contributed by atoms with Crippen LogP contribution in [0.25, 0.3) is 0 Å². The van der Waals surface area contributed by atoms with Crippen LogP contribution in [0.1, 0.15) is 25.8 Å². The Kier molecular flexibility index (Phi) is 4.52. The SMILES string of the molecule is CCC(C)(CN)NC(=O)Cc1cccc(O)c1. The molecule has 0 saturated carbocycles. The van der Waals surface area contributed by atoms with E-state index in [0.29, 0.717) is 6.54 Å². The van der Waals surface area contributed by atoms with Gasteiger partial charge in [-0.25, -0.2) is 0 Å². The molecule has 1 aromatic carbocycles. The van der Waals surface area contributed by atoms with Gasteiger partial charge in [0.1, 0.15) is 5.75 Å². The smallest absolute Gasteiger partial charge is 0.224 e. The van der Waals surface area contributed by atoms with Crippen molar-refractivity contribution in [2.45, 2.75) is 32.2 Å². The molecular weight excluding hydrogens is 216 g/mol. The number of carbonyl (C=O) groups is 1. The van der Waals surface area contributed by atoms with E-state index < -0.39 is 0 Å². The van der Waals surface area contributed by atoms with E-state index in [1.807, 2.05) is 19.9 Å². The Labute approximate surface area is 102 Å². The maximum absolute atomic E-state index is 11.8. The quantitative estimate of drug-likeness (QED) is 0.718.